The first-order valence-corrected chi connectivity index (χ1v) is 7.09. The number of hydrogen-bond donors (Lipinski definition) is 1. The highest BCUT2D eigenvalue weighted by Crippen LogP contribution is 2.35. The van der Waals surface area contributed by atoms with Gasteiger partial charge in [0.25, 0.3) is 0 Å². The Morgan fingerprint density at radius 3 is 2.55 bits per heavy atom. The highest BCUT2D eigenvalue weighted by molar-refractivity contribution is 5.66. The smallest absolute Gasteiger partial charge is 0.328 e. The summed E-state index contributed by atoms with van der Waals surface area (Å²) in [6.45, 7) is 4.64. The van der Waals surface area contributed by atoms with Gasteiger partial charge >= 0.3 is 5.69 Å². The molecule has 1 aromatic rings. The molecule has 0 aromatic heterocycles. The molecule has 0 aliphatic carbocycles. The van der Waals surface area contributed by atoms with Crippen molar-refractivity contribution in [3.05, 3.63) is 28.1 Å². The monoisotopic (exact) mass is 313 g/mol. The summed E-state index contributed by atoms with van der Waals surface area (Å²) >= 11 is 0. The van der Waals surface area contributed by atoms with Crippen molar-refractivity contribution in [1.82, 2.24) is 4.90 Å². The zero-order valence-electron chi connectivity index (χ0n) is 12.7. The summed E-state index contributed by atoms with van der Waals surface area (Å²) in [5.41, 5.74) is -0.289. The van der Waals surface area contributed by atoms with Gasteiger partial charge in [-0.15, -0.1) is 0 Å². The first kappa shape index (κ1) is 16.4. The van der Waals surface area contributed by atoms with Crippen LogP contribution in [0.15, 0.2) is 12.1 Å². The predicted octanol–water partition coefficient (Wildman–Crippen LogP) is 1.25. The van der Waals surface area contributed by atoms with Gasteiger partial charge < -0.3 is 14.7 Å². The maximum atomic E-state index is 14.0. The van der Waals surface area contributed by atoms with Gasteiger partial charge in [0, 0.05) is 44.9 Å². The lowest BCUT2D eigenvalue weighted by Crippen LogP contribution is -2.48. The van der Waals surface area contributed by atoms with Crippen LogP contribution in [0.2, 0.25) is 0 Å². The van der Waals surface area contributed by atoms with E-state index in [1.165, 1.54) is 13.2 Å². The number of nitro benzene ring substituents is 1. The number of nitro groups is 1. The lowest BCUT2D eigenvalue weighted by Gasteiger charge is -2.36. The minimum absolute atomic E-state index is 0.235. The molecule has 7 nitrogen and oxygen atoms in total. The Morgan fingerprint density at radius 1 is 1.41 bits per heavy atom. The van der Waals surface area contributed by atoms with E-state index >= 15 is 0 Å². The summed E-state index contributed by atoms with van der Waals surface area (Å²) in [6.07, 6.45) is -0.421. The lowest BCUT2D eigenvalue weighted by atomic mass is 10.2. The van der Waals surface area contributed by atoms with Crippen molar-refractivity contribution in [2.75, 3.05) is 44.7 Å². The molecule has 1 aliphatic heterocycles. The van der Waals surface area contributed by atoms with Crippen molar-refractivity contribution >= 4 is 11.4 Å². The van der Waals surface area contributed by atoms with Crippen molar-refractivity contribution in [3.63, 3.8) is 0 Å². The van der Waals surface area contributed by atoms with Gasteiger partial charge in [-0.1, -0.05) is 0 Å². The summed E-state index contributed by atoms with van der Waals surface area (Å²) in [4.78, 5) is 14.3. The van der Waals surface area contributed by atoms with Crippen LogP contribution in [0.4, 0.5) is 15.8 Å². The number of nitrogens with zero attached hydrogens (tertiary/aromatic N) is 3. The Kier molecular flexibility index (Phi) is 5.15. The van der Waals surface area contributed by atoms with E-state index in [0.29, 0.717) is 32.7 Å². The topological polar surface area (TPSA) is 79.1 Å². The number of aliphatic hydroxyl groups is 1. The number of β-amino-alcohol motifs (C(OH)–C–C–N with tert-alkyl or cyclic N) is 1. The average molecular weight is 313 g/mol. The molecule has 8 heteroatoms. The van der Waals surface area contributed by atoms with Gasteiger partial charge in [0.1, 0.15) is 11.4 Å². The molecule has 1 aliphatic rings. The third-order valence-electron chi connectivity index (χ3n) is 3.67. The Morgan fingerprint density at radius 2 is 2.05 bits per heavy atom. The fourth-order valence-electron chi connectivity index (χ4n) is 2.65. The number of anilines is 1. The van der Waals surface area contributed by atoms with Gasteiger partial charge in [-0.05, 0) is 6.92 Å². The largest absolute Gasteiger partial charge is 0.497 e. The number of piperazine rings is 1. The summed E-state index contributed by atoms with van der Waals surface area (Å²) in [5.74, 6) is -0.643. The second-order valence-electron chi connectivity index (χ2n) is 5.37. The summed E-state index contributed by atoms with van der Waals surface area (Å²) in [7, 11) is 1.39. The Hall–Kier alpha value is -1.93. The molecule has 0 radical (unpaired) electrons. The zero-order valence-corrected chi connectivity index (χ0v) is 12.7. The van der Waals surface area contributed by atoms with Gasteiger partial charge in [0.15, 0.2) is 0 Å². The maximum Gasteiger partial charge on any atom is 0.328 e. The summed E-state index contributed by atoms with van der Waals surface area (Å²) in [6, 6.07) is 2.51. The van der Waals surface area contributed by atoms with E-state index in [4.69, 9.17) is 4.74 Å². The minimum Gasteiger partial charge on any atom is -0.497 e. The van der Waals surface area contributed by atoms with Crippen LogP contribution < -0.4 is 9.64 Å². The van der Waals surface area contributed by atoms with Crippen molar-refractivity contribution in [2.24, 2.45) is 0 Å². The molecule has 1 atom stereocenters. The number of benzene rings is 1. The predicted molar refractivity (Wildman–Crippen MR) is 79.9 cm³/mol. The van der Waals surface area contributed by atoms with E-state index in [9.17, 15) is 19.6 Å². The van der Waals surface area contributed by atoms with Crippen LogP contribution in [-0.4, -0.2) is 60.9 Å². The molecule has 0 unspecified atom stereocenters. The molecule has 122 valence electrons. The lowest BCUT2D eigenvalue weighted by molar-refractivity contribution is -0.386. The summed E-state index contributed by atoms with van der Waals surface area (Å²) < 4.78 is 19.0. The van der Waals surface area contributed by atoms with E-state index < -0.39 is 22.5 Å². The van der Waals surface area contributed by atoms with E-state index in [0.717, 1.165) is 6.07 Å². The zero-order chi connectivity index (χ0) is 16.3. The average Bonchev–Trinajstić information content (AvgIpc) is 2.46. The molecule has 0 spiro atoms. The summed E-state index contributed by atoms with van der Waals surface area (Å²) in [5, 5.41) is 20.5. The molecule has 1 N–H and O–H groups in total. The van der Waals surface area contributed by atoms with Crippen LogP contribution in [-0.2, 0) is 0 Å². The van der Waals surface area contributed by atoms with Crippen LogP contribution in [0.25, 0.3) is 0 Å². The first-order valence-electron chi connectivity index (χ1n) is 7.09. The van der Waals surface area contributed by atoms with Crippen LogP contribution in [0.3, 0.4) is 0 Å². The van der Waals surface area contributed by atoms with Crippen molar-refractivity contribution in [2.45, 2.75) is 13.0 Å². The third kappa shape index (κ3) is 3.63. The highest BCUT2D eigenvalue weighted by Gasteiger charge is 2.28. The van der Waals surface area contributed by atoms with Gasteiger partial charge in [0.2, 0.25) is 5.82 Å². The Labute approximate surface area is 128 Å². The molecule has 0 bridgehead atoms. The van der Waals surface area contributed by atoms with E-state index in [1.807, 2.05) is 0 Å². The van der Waals surface area contributed by atoms with Gasteiger partial charge in [-0.25, -0.2) is 0 Å². The van der Waals surface area contributed by atoms with Crippen LogP contribution in [0, 0.1) is 15.9 Å². The molecular formula is C14H20FN3O4. The van der Waals surface area contributed by atoms with Gasteiger partial charge in [-0.3, -0.25) is 15.0 Å². The molecule has 1 fully saturated rings. The molecule has 0 saturated carbocycles. The standard InChI is InChI=1S/C14H20FN3O4/c1-10(19)9-16-3-5-17(6-4-16)13-8-11(22-2)7-12(15)14(13)18(20)21/h7-8,10,19H,3-6,9H2,1-2H3/t10-/m1/s1. The molecule has 0 amide bonds. The molecule has 22 heavy (non-hydrogen) atoms. The third-order valence-corrected chi connectivity index (χ3v) is 3.67. The second kappa shape index (κ2) is 6.89. The quantitative estimate of drug-likeness (QED) is 0.651. The maximum absolute atomic E-state index is 14.0. The minimum atomic E-state index is -0.897. The second-order valence-corrected chi connectivity index (χ2v) is 5.37. The van der Waals surface area contributed by atoms with Crippen LogP contribution in [0.5, 0.6) is 5.75 Å². The van der Waals surface area contributed by atoms with Crippen LogP contribution >= 0.6 is 0 Å². The molecule has 1 aromatic carbocycles. The van der Waals surface area contributed by atoms with Gasteiger partial charge in [0.05, 0.1) is 18.1 Å². The SMILES string of the molecule is COc1cc(F)c([N+](=O)[O-])c(N2CCN(C[C@@H](C)O)CC2)c1. The number of halogens is 1. The highest BCUT2D eigenvalue weighted by atomic mass is 19.1. The normalized spacial score (nSPS) is 17.4. The molecule has 1 heterocycles. The number of rotatable bonds is 5. The van der Waals surface area contributed by atoms with E-state index in [2.05, 4.69) is 4.90 Å². The number of hydrogen-bond acceptors (Lipinski definition) is 6. The fourth-order valence-corrected chi connectivity index (χ4v) is 2.65. The van der Waals surface area contributed by atoms with Crippen molar-refractivity contribution in [1.29, 1.82) is 0 Å². The van der Waals surface area contributed by atoms with Gasteiger partial charge in [-0.2, -0.15) is 4.39 Å². The Balaban J connectivity index is 2.22. The van der Waals surface area contributed by atoms with Crippen molar-refractivity contribution < 1.29 is 19.2 Å². The number of aliphatic hydroxyl groups excluding tert-OH is 1. The molecular weight excluding hydrogens is 293 g/mol. The first-order chi connectivity index (χ1) is 10.4. The van der Waals surface area contributed by atoms with Crippen LogP contribution in [0.1, 0.15) is 6.92 Å². The Bertz CT molecular complexity index is 545. The van der Waals surface area contributed by atoms with E-state index in [1.54, 1.807) is 11.8 Å². The fraction of sp³-hybridized carbons (Fsp3) is 0.571. The molecule has 1 saturated heterocycles. The number of ether oxygens (including phenoxy) is 1. The number of methoxy groups -OCH3 is 1. The van der Waals surface area contributed by atoms with Crippen molar-refractivity contribution in [3.8, 4) is 5.75 Å². The van der Waals surface area contributed by atoms with E-state index in [-0.39, 0.29) is 11.4 Å². The molecule has 2 rings (SSSR count).